The van der Waals surface area contributed by atoms with E-state index in [0.717, 1.165) is 6.42 Å². The number of allylic oxidation sites excluding steroid dienone is 1. The topological polar surface area (TPSA) is 0 Å². The van der Waals surface area contributed by atoms with Gasteiger partial charge in [-0.25, -0.2) is 0 Å². The third kappa shape index (κ3) is 3.54. The van der Waals surface area contributed by atoms with Crippen LogP contribution in [0.2, 0.25) is 0 Å². The van der Waals surface area contributed by atoms with Crippen molar-refractivity contribution in [2.75, 3.05) is 0 Å². The van der Waals surface area contributed by atoms with E-state index in [2.05, 4.69) is 65.0 Å². The van der Waals surface area contributed by atoms with Crippen molar-refractivity contribution < 1.29 is 0 Å². The van der Waals surface area contributed by atoms with Crippen molar-refractivity contribution in [3.63, 3.8) is 0 Å². The first-order valence-electron chi connectivity index (χ1n) is 5.71. The zero-order valence-electron chi connectivity index (χ0n) is 10.6. The molecular formula is C15H22. The Balaban J connectivity index is 2.91. The predicted octanol–water partition coefficient (Wildman–Crippen LogP) is 4.80. The smallest absolute Gasteiger partial charge is 0.0132 e. The molecule has 0 aliphatic carbocycles. The standard InChI is InChI=1S/C15H22/c1-6-12(2)11-13-7-9-14(10-8-13)15(3,4)5/h7-11H,6H2,1-5H3/b12-11+. The van der Waals surface area contributed by atoms with Crippen LogP contribution in [0.4, 0.5) is 0 Å². The molecule has 0 fully saturated rings. The van der Waals surface area contributed by atoms with E-state index in [0.29, 0.717) is 0 Å². The van der Waals surface area contributed by atoms with Gasteiger partial charge in [-0.15, -0.1) is 0 Å². The summed E-state index contributed by atoms with van der Waals surface area (Å²) in [7, 11) is 0. The fourth-order valence-electron chi connectivity index (χ4n) is 1.47. The Kier molecular flexibility index (Phi) is 3.73. The molecule has 0 radical (unpaired) electrons. The van der Waals surface area contributed by atoms with E-state index in [1.807, 2.05) is 0 Å². The molecule has 1 aromatic rings. The molecule has 0 aliphatic rings. The van der Waals surface area contributed by atoms with Crippen LogP contribution in [0.25, 0.3) is 6.08 Å². The quantitative estimate of drug-likeness (QED) is 0.646. The van der Waals surface area contributed by atoms with Crippen molar-refractivity contribution in [1.82, 2.24) is 0 Å². The Morgan fingerprint density at radius 3 is 2.07 bits per heavy atom. The molecule has 0 heterocycles. The third-order valence-corrected chi connectivity index (χ3v) is 2.75. The monoisotopic (exact) mass is 202 g/mol. The number of hydrogen-bond donors (Lipinski definition) is 0. The van der Waals surface area contributed by atoms with E-state index in [9.17, 15) is 0 Å². The molecule has 15 heavy (non-hydrogen) atoms. The largest absolute Gasteiger partial charge is 0.0730 e. The van der Waals surface area contributed by atoms with Gasteiger partial charge in [0.05, 0.1) is 0 Å². The molecule has 1 aromatic carbocycles. The summed E-state index contributed by atoms with van der Waals surface area (Å²) in [5.41, 5.74) is 4.39. The number of rotatable bonds is 2. The zero-order chi connectivity index (χ0) is 11.5. The zero-order valence-corrected chi connectivity index (χ0v) is 10.6. The first-order chi connectivity index (χ1) is 6.93. The van der Waals surface area contributed by atoms with Crippen LogP contribution < -0.4 is 0 Å². The Bertz CT molecular complexity index is 333. The molecule has 0 amide bonds. The highest BCUT2D eigenvalue weighted by atomic mass is 14.2. The number of hydrogen-bond acceptors (Lipinski definition) is 0. The van der Waals surface area contributed by atoms with Gasteiger partial charge >= 0.3 is 0 Å². The summed E-state index contributed by atoms with van der Waals surface area (Å²) in [5.74, 6) is 0. The van der Waals surface area contributed by atoms with E-state index >= 15 is 0 Å². The van der Waals surface area contributed by atoms with Crippen LogP contribution in [0.3, 0.4) is 0 Å². The molecule has 0 aliphatic heterocycles. The minimum Gasteiger partial charge on any atom is -0.0730 e. The van der Waals surface area contributed by atoms with Crippen LogP contribution in [-0.2, 0) is 5.41 Å². The van der Waals surface area contributed by atoms with Gasteiger partial charge < -0.3 is 0 Å². The summed E-state index contributed by atoms with van der Waals surface area (Å²) in [6, 6.07) is 8.88. The first kappa shape index (κ1) is 12.0. The van der Waals surface area contributed by atoms with Crippen LogP contribution in [0.1, 0.15) is 52.2 Å². The Hall–Kier alpha value is -1.04. The van der Waals surface area contributed by atoms with Crippen molar-refractivity contribution in [1.29, 1.82) is 0 Å². The molecule has 0 N–H and O–H groups in total. The SMILES string of the molecule is CC/C(C)=C/c1ccc(C(C)(C)C)cc1. The maximum atomic E-state index is 2.26. The molecule has 0 saturated heterocycles. The lowest BCUT2D eigenvalue weighted by atomic mass is 9.86. The van der Waals surface area contributed by atoms with Gasteiger partial charge in [-0.2, -0.15) is 0 Å². The van der Waals surface area contributed by atoms with E-state index in [-0.39, 0.29) is 5.41 Å². The second-order valence-electron chi connectivity index (χ2n) is 5.22. The lowest BCUT2D eigenvalue weighted by Crippen LogP contribution is -2.10. The maximum Gasteiger partial charge on any atom is -0.0132 e. The van der Waals surface area contributed by atoms with Crippen molar-refractivity contribution in [2.24, 2.45) is 0 Å². The van der Waals surface area contributed by atoms with Gasteiger partial charge in [0.2, 0.25) is 0 Å². The molecule has 0 atom stereocenters. The van der Waals surface area contributed by atoms with Crippen molar-refractivity contribution in [3.05, 3.63) is 41.0 Å². The molecular weight excluding hydrogens is 180 g/mol. The van der Waals surface area contributed by atoms with Crippen LogP contribution in [-0.4, -0.2) is 0 Å². The highest BCUT2D eigenvalue weighted by molar-refractivity contribution is 5.53. The van der Waals surface area contributed by atoms with Crippen LogP contribution in [0.5, 0.6) is 0 Å². The molecule has 0 aromatic heterocycles. The van der Waals surface area contributed by atoms with Crippen molar-refractivity contribution in [3.8, 4) is 0 Å². The Morgan fingerprint density at radius 2 is 1.67 bits per heavy atom. The second-order valence-corrected chi connectivity index (χ2v) is 5.22. The third-order valence-electron chi connectivity index (χ3n) is 2.75. The van der Waals surface area contributed by atoms with Crippen LogP contribution in [0, 0.1) is 0 Å². The minimum absolute atomic E-state index is 0.252. The number of benzene rings is 1. The lowest BCUT2D eigenvalue weighted by molar-refractivity contribution is 0.590. The predicted molar refractivity (Wildman–Crippen MR) is 69.1 cm³/mol. The normalized spacial score (nSPS) is 13.0. The van der Waals surface area contributed by atoms with Crippen LogP contribution >= 0.6 is 0 Å². The summed E-state index contributed by atoms with van der Waals surface area (Å²) in [5, 5.41) is 0. The van der Waals surface area contributed by atoms with Gasteiger partial charge in [0.25, 0.3) is 0 Å². The van der Waals surface area contributed by atoms with E-state index in [1.165, 1.54) is 16.7 Å². The van der Waals surface area contributed by atoms with E-state index in [4.69, 9.17) is 0 Å². The maximum absolute atomic E-state index is 2.26. The molecule has 0 bridgehead atoms. The van der Waals surface area contributed by atoms with Crippen molar-refractivity contribution in [2.45, 2.75) is 46.5 Å². The molecule has 0 spiro atoms. The van der Waals surface area contributed by atoms with E-state index < -0.39 is 0 Å². The lowest BCUT2D eigenvalue weighted by Gasteiger charge is -2.18. The summed E-state index contributed by atoms with van der Waals surface area (Å²) in [4.78, 5) is 0. The summed E-state index contributed by atoms with van der Waals surface area (Å²) >= 11 is 0. The average molecular weight is 202 g/mol. The first-order valence-corrected chi connectivity index (χ1v) is 5.71. The average Bonchev–Trinajstić information content (AvgIpc) is 2.17. The Morgan fingerprint density at radius 1 is 1.13 bits per heavy atom. The van der Waals surface area contributed by atoms with Gasteiger partial charge in [0, 0.05) is 0 Å². The van der Waals surface area contributed by atoms with E-state index in [1.54, 1.807) is 0 Å². The highest BCUT2D eigenvalue weighted by Gasteiger charge is 2.12. The van der Waals surface area contributed by atoms with Gasteiger partial charge in [0.15, 0.2) is 0 Å². The molecule has 0 unspecified atom stereocenters. The fourth-order valence-corrected chi connectivity index (χ4v) is 1.47. The summed E-state index contributed by atoms with van der Waals surface area (Å²) in [6.07, 6.45) is 3.38. The van der Waals surface area contributed by atoms with Gasteiger partial charge in [-0.3, -0.25) is 0 Å². The molecule has 0 saturated carbocycles. The minimum atomic E-state index is 0.252. The van der Waals surface area contributed by atoms with Gasteiger partial charge in [-0.1, -0.05) is 63.6 Å². The second kappa shape index (κ2) is 4.65. The van der Waals surface area contributed by atoms with Gasteiger partial charge in [0.1, 0.15) is 0 Å². The molecule has 1 rings (SSSR count). The summed E-state index contributed by atoms with van der Waals surface area (Å²) < 4.78 is 0. The highest BCUT2D eigenvalue weighted by Crippen LogP contribution is 2.22. The Labute approximate surface area is 94.0 Å². The van der Waals surface area contributed by atoms with Gasteiger partial charge in [-0.05, 0) is 29.9 Å². The fraction of sp³-hybridized carbons (Fsp3) is 0.467. The van der Waals surface area contributed by atoms with Crippen LogP contribution in [0.15, 0.2) is 29.8 Å². The molecule has 82 valence electrons. The van der Waals surface area contributed by atoms with Crippen molar-refractivity contribution >= 4 is 6.08 Å². The summed E-state index contributed by atoms with van der Waals surface area (Å²) in [6.45, 7) is 11.1. The molecule has 0 heteroatoms. The molecule has 0 nitrogen and oxygen atoms in total.